The highest BCUT2D eigenvalue weighted by molar-refractivity contribution is 5.94. The van der Waals surface area contributed by atoms with E-state index in [1.165, 1.54) is 12.4 Å². The number of rotatable bonds is 3. The smallest absolute Gasteiger partial charge is 0.356 e. The quantitative estimate of drug-likeness (QED) is 0.757. The summed E-state index contributed by atoms with van der Waals surface area (Å²) in [5.74, 6) is -0.725. The van der Waals surface area contributed by atoms with Crippen molar-refractivity contribution in [1.82, 2.24) is 15.0 Å². The van der Waals surface area contributed by atoms with Gasteiger partial charge in [-0.25, -0.2) is 9.78 Å². The van der Waals surface area contributed by atoms with Crippen LogP contribution < -0.4 is 5.32 Å². The fourth-order valence-electron chi connectivity index (χ4n) is 1.90. The van der Waals surface area contributed by atoms with Gasteiger partial charge in [0, 0.05) is 28.9 Å². The number of carboxylic acids is 1. The Morgan fingerprint density at radius 2 is 2.00 bits per heavy atom. The number of carboxylic acid groups (broad SMARTS) is 1. The number of carbonyl (C=O) groups is 1. The molecule has 0 saturated heterocycles. The molecule has 0 unspecified atom stereocenters. The summed E-state index contributed by atoms with van der Waals surface area (Å²) in [5, 5.41) is 13.9. The first kappa shape index (κ1) is 12.0. The van der Waals surface area contributed by atoms with Crippen molar-refractivity contribution in [3.63, 3.8) is 0 Å². The number of pyridine rings is 1. The van der Waals surface area contributed by atoms with Crippen LogP contribution in [-0.2, 0) is 0 Å². The number of hydrogen-bond donors (Lipinski definition) is 2. The zero-order valence-electron chi connectivity index (χ0n) is 10.3. The first-order valence-corrected chi connectivity index (χ1v) is 5.89. The second kappa shape index (κ2) is 4.93. The van der Waals surface area contributed by atoms with Crippen LogP contribution >= 0.6 is 0 Å². The summed E-state index contributed by atoms with van der Waals surface area (Å²) in [6.45, 7) is 0. The van der Waals surface area contributed by atoms with E-state index >= 15 is 0 Å². The van der Waals surface area contributed by atoms with Gasteiger partial charge in [-0.05, 0) is 12.1 Å². The minimum absolute atomic E-state index is 0.100. The minimum Gasteiger partial charge on any atom is -0.476 e. The van der Waals surface area contributed by atoms with Crippen molar-refractivity contribution in [2.24, 2.45) is 0 Å². The molecule has 0 saturated carbocycles. The molecular formula is C14H10N4O2. The van der Waals surface area contributed by atoms with Gasteiger partial charge in [0.1, 0.15) is 5.82 Å². The maximum atomic E-state index is 10.9. The Morgan fingerprint density at radius 1 is 1.10 bits per heavy atom. The summed E-state index contributed by atoms with van der Waals surface area (Å²) in [6.07, 6.45) is 6.15. The Balaban J connectivity index is 2.01. The highest BCUT2D eigenvalue weighted by Crippen LogP contribution is 2.24. The fourth-order valence-corrected chi connectivity index (χ4v) is 1.90. The number of fused-ring (bicyclic) bond motifs is 1. The van der Waals surface area contributed by atoms with Gasteiger partial charge in [0.25, 0.3) is 0 Å². The molecule has 0 atom stereocenters. The van der Waals surface area contributed by atoms with E-state index in [4.69, 9.17) is 5.11 Å². The molecule has 0 aliphatic carbocycles. The molecule has 6 heteroatoms. The van der Waals surface area contributed by atoms with Gasteiger partial charge in [0.05, 0.1) is 12.4 Å². The molecule has 2 heterocycles. The number of nitrogens with zero attached hydrogens (tertiary/aromatic N) is 3. The van der Waals surface area contributed by atoms with Gasteiger partial charge in [-0.1, -0.05) is 12.1 Å². The zero-order chi connectivity index (χ0) is 13.9. The Labute approximate surface area is 114 Å². The molecule has 20 heavy (non-hydrogen) atoms. The van der Waals surface area contributed by atoms with E-state index < -0.39 is 5.97 Å². The van der Waals surface area contributed by atoms with E-state index in [0.29, 0.717) is 5.82 Å². The van der Waals surface area contributed by atoms with Crippen molar-refractivity contribution >= 4 is 28.2 Å². The van der Waals surface area contributed by atoms with Crippen molar-refractivity contribution in [2.45, 2.75) is 0 Å². The van der Waals surface area contributed by atoms with Crippen molar-refractivity contribution in [3.05, 3.63) is 54.7 Å². The molecule has 0 fully saturated rings. The molecule has 0 aliphatic rings. The Morgan fingerprint density at radius 3 is 2.85 bits per heavy atom. The van der Waals surface area contributed by atoms with Crippen LogP contribution in [0.2, 0.25) is 0 Å². The van der Waals surface area contributed by atoms with Crippen LogP contribution in [-0.4, -0.2) is 26.0 Å². The summed E-state index contributed by atoms with van der Waals surface area (Å²) in [6, 6.07) is 7.61. The van der Waals surface area contributed by atoms with Gasteiger partial charge in [-0.2, -0.15) is 0 Å². The molecule has 2 aromatic heterocycles. The maximum Gasteiger partial charge on any atom is 0.356 e. The lowest BCUT2D eigenvalue weighted by molar-refractivity contribution is 0.0690. The van der Waals surface area contributed by atoms with Crippen LogP contribution in [0.15, 0.2) is 49.1 Å². The number of aromatic nitrogens is 3. The molecule has 3 rings (SSSR count). The molecular weight excluding hydrogens is 256 g/mol. The molecule has 0 amide bonds. The van der Waals surface area contributed by atoms with Gasteiger partial charge in [0.15, 0.2) is 5.69 Å². The number of aromatic carboxylic acids is 1. The van der Waals surface area contributed by atoms with Gasteiger partial charge in [-0.3, -0.25) is 9.97 Å². The molecule has 0 spiro atoms. The van der Waals surface area contributed by atoms with E-state index in [1.807, 2.05) is 24.3 Å². The third-order valence-electron chi connectivity index (χ3n) is 2.80. The van der Waals surface area contributed by atoms with Crippen LogP contribution in [0.4, 0.5) is 11.5 Å². The fraction of sp³-hybridized carbons (Fsp3) is 0. The van der Waals surface area contributed by atoms with Crippen LogP contribution in [0.25, 0.3) is 10.8 Å². The standard InChI is InChI=1S/C14H10N4O2/c19-14(20)12-7-16-8-13(18-12)17-11-3-1-2-9-6-15-5-4-10(9)11/h1-8H,(H,17,18)(H,19,20). The number of nitrogens with one attached hydrogen (secondary N) is 1. The normalized spacial score (nSPS) is 10.4. The average Bonchev–Trinajstić information content (AvgIpc) is 2.48. The molecule has 98 valence electrons. The summed E-state index contributed by atoms with van der Waals surface area (Å²) < 4.78 is 0. The number of benzene rings is 1. The predicted molar refractivity (Wildman–Crippen MR) is 74.0 cm³/mol. The lowest BCUT2D eigenvalue weighted by Gasteiger charge is -2.08. The lowest BCUT2D eigenvalue weighted by Crippen LogP contribution is -2.04. The third kappa shape index (κ3) is 2.26. The molecule has 0 radical (unpaired) electrons. The van der Waals surface area contributed by atoms with Gasteiger partial charge in [0.2, 0.25) is 0 Å². The molecule has 0 bridgehead atoms. The van der Waals surface area contributed by atoms with E-state index in [-0.39, 0.29) is 5.69 Å². The SMILES string of the molecule is O=C(O)c1cncc(Nc2cccc3cnccc23)n1. The number of anilines is 2. The van der Waals surface area contributed by atoms with Crippen LogP contribution in [0.5, 0.6) is 0 Å². The largest absolute Gasteiger partial charge is 0.476 e. The van der Waals surface area contributed by atoms with E-state index in [0.717, 1.165) is 16.5 Å². The Kier molecular flexibility index (Phi) is 2.96. The van der Waals surface area contributed by atoms with Gasteiger partial charge >= 0.3 is 5.97 Å². The molecule has 0 aliphatic heterocycles. The van der Waals surface area contributed by atoms with Crippen molar-refractivity contribution < 1.29 is 9.90 Å². The topological polar surface area (TPSA) is 88.0 Å². The van der Waals surface area contributed by atoms with Gasteiger partial charge < -0.3 is 10.4 Å². The summed E-state index contributed by atoms with van der Waals surface area (Å²) in [5.41, 5.74) is 0.721. The third-order valence-corrected chi connectivity index (χ3v) is 2.80. The Hall–Kier alpha value is -3.02. The minimum atomic E-state index is -1.11. The Bertz CT molecular complexity index is 783. The number of hydrogen-bond acceptors (Lipinski definition) is 5. The highest BCUT2D eigenvalue weighted by Gasteiger charge is 2.07. The average molecular weight is 266 g/mol. The summed E-state index contributed by atoms with van der Waals surface area (Å²) in [7, 11) is 0. The van der Waals surface area contributed by atoms with Crippen molar-refractivity contribution in [3.8, 4) is 0 Å². The lowest BCUT2D eigenvalue weighted by atomic mass is 10.1. The van der Waals surface area contributed by atoms with Crippen LogP contribution in [0.3, 0.4) is 0 Å². The van der Waals surface area contributed by atoms with E-state index in [2.05, 4.69) is 20.3 Å². The van der Waals surface area contributed by atoms with Crippen LogP contribution in [0, 0.1) is 0 Å². The first-order valence-electron chi connectivity index (χ1n) is 5.89. The molecule has 6 nitrogen and oxygen atoms in total. The summed E-state index contributed by atoms with van der Waals surface area (Å²) in [4.78, 5) is 22.8. The van der Waals surface area contributed by atoms with E-state index in [1.54, 1.807) is 12.4 Å². The highest BCUT2D eigenvalue weighted by atomic mass is 16.4. The second-order valence-electron chi connectivity index (χ2n) is 4.12. The summed E-state index contributed by atoms with van der Waals surface area (Å²) >= 11 is 0. The predicted octanol–water partition coefficient (Wildman–Crippen LogP) is 2.47. The van der Waals surface area contributed by atoms with Gasteiger partial charge in [-0.15, -0.1) is 0 Å². The zero-order valence-corrected chi connectivity index (χ0v) is 10.3. The monoisotopic (exact) mass is 266 g/mol. The second-order valence-corrected chi connectivity index (χ2v) is 4.12. The van der Waals surface area contributed by atoms with Crippen molar-refractivity contribution in [1.29, 1.82) is 0 Å². The van der Waals surface area contributed by atoms with E-state index in [9.17, 15) is 4.79 Å². The molecule has 2 N–H and O–H groups in total. The molecule has 3 aromatic rings. The van der Waals surface area contributed by atoms with Crippen molar-refractivity contribution in [2.75, 3.05) is 5.32 Å². The van der Waals surface area contributed by atoms with Crippen LogP contribution in [0.1, 0.15) is 10.5 Å². The maximum absolute atomic E-state index is 10.9. The first-order chi connectivity index (χ1) is 9.74. The molecule has 1 aromatic carbocycles.